The SMILES string of the molecule is C=C[C@H](C)[C@@H](CC(=O)C#C[Si](C)(C)C)OCc1ccc(OC)cc1. The molecule has 2 atom stereocenters. The van der Waals surface area contributed by atoms with Crippen molar-refractivity contribution in [2.45, 2.75) is 45.7 Å². The summed E-state index contributed by atoms with van der Waals surface area (Å²) in [5.74, 6) is 3.62. The summed E-state index contributed by atoms with van der Waals surface area (Å²) < 4.78 is 11.1. The molecule has 1 aromatic rings. The van der Waals surface area contributed by atoms with E-state index in [9.17, 15) is 4.79 Å². The molecule has 0 heterocycles. The van der Waals surface area contributed by atoms with Gasteiger partial charge in [-0.15, -0.1) is 12.1 Å². The van der Waals surface area contributed by atoms with Crippen LogP contribution in [0.5, 0.6) is 5.75 Å². The van der Waals surface area contributed by atoms with Gasteiger partial charge in [-0.1, -0.05) is 44.8 Å². The van der Waals surface area contributed by atoms with Gasteiger partial charge in [-0.05, 0) is 23.6 Å². The molecule has 130 valence electrons. The first-order valence-electron chi connectivity index (χ1n) is 8.18. The molecule has 0 radical (unpaired) electrons. The monoisotopic (exact) mass is 344 g/mol. The predicted octanol–water partition coefficient (Wildman–Crippen LogP) is 4.24. The molecule has 0 aliphatic carbocycles. The van der Waals surface area contributed by atoms with Gasteiger partial charge >= 0.3 is 0 Å². The van der Waals surface area contributed by atoms with Gasteiger partial charge in [0.2, 0.25) is 5.78 Å². The standard InChI is InChI=1S/C20H28O3Si/c1-7-16(2)20(14-18(21)12-13-24(4,5)6)23-15-17-8-10-19(22-3)11-9-17/h7-11,16,20H,1,14-15H2,2-6H3/t16-,20+/m0/s1. The van der Waals surface area contributed by atoms with Crippen LogP contribution in [0.2, 0.25) is 19.6 Å². The van der Waals surface area contributed by atoms with Crippen LogP contribution in [0.3, 0.4) is 0 Å². The first kappa shape index (κ1) is 20.2. The second-order valence-corrected chi connectivity index (χ2v) is 11.7. The lowest BCUT2D eigenvalue weighted by Crippen LogP contribution is -2.24. The highest BCUT2D eigenvalue weighted by atomic mass is 28.3. The Morgan fingerprint density at radius 3 is 2.42 bits per heavy atom. The molecule has 0 saturated heterocycles. The third-order valence-corrected chi connectivity index (χ3v) is 4.42. The van der Waals surface area contributed by atoms with E-state index >= 15 is 0 Å². The maximum absolute atomic E-state index is 12.1. The third kappa shape index (κ3) is 7.63. The zero-order chi connectivity index (χ0) is 18.2. The molecule has 0 saturated carbocycles. The lowest BCUT2D eigenvalue weighted by Gasteiger charge is -2.21. The Hall–Kier alpha value is -1.83. The van der Waals surface area contributed by atoms with E-state index in [-0.39, 0.29) is 17.8 Å². The fourth-order valence-corrected chi connectivity index (χ4v) is 2.48. The zero-order valence-corrected chi connectivity index (χ0v) is 16.4. The molecule has 0 amide bonds. The van der Waals surface area contributed by atoms with Gasteiger partial charge < -0.3 is 9.47 Å². The molecule has 0 bridgehead atoms. The lowest BCUT2D eigenvalue weighted by molar-refractivity contribution is -0.117. The van der Waals surface area contributed by atoms with Crippen molar-refractivity contribution in [1.29, 1.82) is 0 Å². The van der Waals surface area contributed by atoms with E-state index in [2.05, 4.69) is 37.7 Å². The molecule has 0 aliphatic rings. The highest BCUT2D eigenvalue weighted by molar-refractivity contribution is 6.84. The summed E-state index contributed by atoms with van der Waals surface area (Å²) in [7, 11) is 0.0977. The number of carbonyl (C=O) groups is 1. The van der Waals surface area contributed by atoms with Crippen LogP contribution < -0.4 is 4.74 Å². The van der Waals surface area contributed by atoms with E-state index in [0.29, 0.717) is 13.0 Å². The van der Waals surface area contributed by atoms with Crippen LogP contribution in [0.15, 0.2) is 36.9 Å². The van der Waals surface area contributed by atoms with E-state index in [0.717, 1.165) is 11.3 Å². The maximum atomic E-state index is 12.1. The summed E-state index contributed by atoms with van der Waals surface area (Å²) in [5.41, 5.74) is 4.15. The van der Waals surface area contributed by atoms with Crippen LogP contribution in [-0.2, 0) is 16.1 Å². The molecule has 4 heteroatoms. The van der Waals surface area contributed by atoms with Gasteiger partial charge in [0.05, 0.1) is 19.8 Å². The van der Waals surface area contributed by atoms with Crippen LogP contribution in [0, 0.1) is 17.4 Å². The summed E-state index contributed by atoms with van der Waals surface area (Å²) in [6.07, 6.45) is 1.90. The van der Waals surface area contributed by atoms with Crippen molar-refractivity contribution in [2.75, 3.05) is 7.11 Å². The van der Waals surface area contributed by atoms with Crippen molar-refractivity contribution in [3.8, 4) is 17.2 Å². The summed E-state index contributed by atoms with van der Waals surface area (Å²) >= 11 is 0. The Bertz CT molecular complexity index is 603. The van der Waals surface area contributed by atoms with Crippen LogP contribution in [0.4, 0.5) is 0 Å². The molecule has 3 nitrogen and oxygen atoms in total. The molecule has 1 aromatic carbocycles. The number of methoxy groups -OCH3 is 1. The molecule has 0 aromatic heterocycles. The van der Waals surface area contributed by atoms with E-state index in [1.165, 1.54) is 0 Å². The number of carbonyl (C=O) groups excluding carboxylic acids is 1. The van der Waals surface area contributed by atoms with Gasteiger partial charge in [0, 0.05) is 12.3 Å². The Balaban J connectivity index is 2.69. The quantitative estimate of drug-likeness (QED) is 0.402. The number of hydrogen-bond donors (Lipinski definition) is 0. The van der Waals surface area contributed by atoms with E-state index < -0.39 is 8.07 Å². The molecule has 0 spiro atoms. The second-order valence-electron chi connectivity index (χ2n) is 6.92. The highest BCUT2D eigenvalue weighted by Gasteiger charge is 2.19. The van der Waals surface area contributed by atoms with Gasteiger partial charge in [-0.25, -0.2) is 0 Å². The minimum atomic E-state index is -1.54. The largest absolute Gasteiger partial charge is 0.497 e. The first-order chi connectivity index (χ1) is 11.2. The molecule has 1 rings (SSSR count). The van der Waals surface area contributed by atoms with Crippen molar-refractivity contribution < 1.29 is 14.3 Å². The zero-order valence-electron chi connectivity index (χ0n) is 15.4. The normalized spacial score (nSPS) is 13.4. The molecular weight excluding hydrogens is 316 g/mol. The molecule has 0 fully saturated rings. The minimum Gasteiger partial charge on any atom is -0.497 e. The van der Waals surface area contributed by atoms with Gasteiger partial charge in [0.25, 0.3) is 0 Å². The van der Waals surface area contributed by atoms with Crippen molar-refractivity contribution in [1.82, 2.24) is 0 Å². The topological polar surface area (TPSA) is 35.5 Å². The minimum absolute atomic E-state index is 0.0640. The van der Waals surface area contributed by atoms with E-state index in [1.54, 1.807) is 7.11 Å². The van der Waals surface area contributed by atoms with Gasteiger partial charge in [-0.2, -0.15) is 0 Å². The van der Waals surface area contributed by atoms with Crippen LogP contribution in [-0.4, -0.2) is 27.1 Å². The van der Waals surface area contributed by atoms with Crippen LogP contribution in [0.25, 0.3) is 0 Å². The van der Waals surface area contributed by atoms with Crippen molar-refractivity contribution in [2.24, 2.45) is 5.92 Å². The van der Waals surface area contributed by atoms with Gasteiger partial charge in [-0.3, -0.25) is 4.79 Å². The summed E-state index contributed by atoms with van der Waals surface area (Å²) in [4.78, 5) is 12.1. The average Bonchev–Trinajstić information content (AvgIpc) is 2.55. The van der Waals surface area contributed by atoms with Crippen molar-refractivity contribution in [3.05, 3.63) is 42.5 Å². The fraction of sp³-hybridized carbons (Fsp3) is 0.450. The average molecular weight is 345 g/mol. The van der Waals surface area contributed by atoms with Gasteiger partial charge in [0.1, 0.15) is 13.8 Å². The second kappa shape index (κ2) is 9.46. The van der Waals surface area contributed by atoms with Crippen molar-refractivity contribution in [3.63, 3.8) is 0 Å². The first-order valence-corrected chi connectivity index (χ1v) is 11.7. The van der Waals surface area contributed by atoms with E-state index in [4.69, 9.17) is 9.47 Å². The number of rotatable bonds is 8. The Morgan fingerprint density at radius 1 is 1.29 bits per heavy atom. The lowest BCUT2D eigenvalue weighted by atomic mass is 10.00. The Labute approximate surface area is 147 Å². The number of hydrogen-bond acceptors (Lipinski definition) is 3. The highest BCUT2D eigenvalue weighted by Crippen LogP contribution is 2.17. The summed E-state index contributed by atoms with van der Waals surface area (Å²) in [6, 6.07) is 7.72. The smallest absolute Gasteiger partial charge is 0.207 e. The number of benzene rings is 1. The molecular formula is C20H28O3Si. The van der Waals surface area contributed by atoms with Crippen LogP contribution >= 0.6 is 0 Å². The summed E-state index contributed by atoms with van der Waals surface area (Å²) in [5, 5.41) is 0. The predicted molar refractivity (Wildman–Crippen MR) is 102 cm³/mol. The van der Waals surface area contributed by atoms with Gasteiger partial charge in [0.15, 0.2) is 0 Å². The number of ketones is 1. The van der Waals surface area contributed by atoms with Crippen molar-refractivity contribution >= 4 is 13.9 Å². The summed E-state index contributed by atoms with van der Waals surface area (Å²) in [6.45, 7) is 12.6. The fourth-order valence-electron chi connectivity index (χ4n) is 1.96. The third-order valence-electron chi connectivity index (χ3n) is 3.54. The van der Waals surface area contributed by atoms with E-state index in [1.807, 2.05) is 37.3 Å². The molecule has 0 aliphatic heterocycles. The molecule has 0 unspecified atom stereocenters. The Morgan fingerprint density at radius 2 is 1.92 bits per heavy atom. The van der Waals surface area contributed by atoms with Crippen LogP contribution in [0.1, 0.15) is 18.9 Å². The number of ether oxygens (including phenoxy) is 2. The Kier molecular flexibility index (Phi) is 7.97. The maximum Gasteiger partial charge on any atom is 0.207 e. The number of Topliss-reactive ketones (excluding diaryl/α,β-unsaturated/α-hetero) is 1. The molecule has 24 heavy (non-hydrogen) atoms. The molecule has 0 N–H and O–H groups in total.